The Kier molecular flexibility index (Phi) is 5.36. The van der Waals surface area contributed by atoms with Gasteiger partial charge in [0.15, 0.2) is 0 Å². The van der Waals surface area contributed by atoms with Gasteiger partial charge in [-0.05, 0) is 24.3 Å². The van der Waals surface area contributed by atoms with E-state index in [1.807, 2.05) is 0 Å². The Balaban J connectivity index is 1.95. The predicted octanol–water partition coefficient (Wildman–Crippen LogP) is 0.210. The molecule has 0 bridgehead atoms. The molecule has 0 radical (unpaired) electrons. The van der Waals surface area contributed by atoms with Gasteiger partial charge in [-0.3, -0.25) is 0 Å². The van der Waals surface area contributed by atoms with Crippen molar-refractivity contribution in [2.45, 2.75) is 4.90 Å². The summed E-state index contributed by atoms with van der Waals surface area (Å²) >= 11 is 0. The Morgan fingerprint density at radius 2 is 2.15 bits per heavy atom. The summed E-state index contributed by atoms with van der Waals surface area (Å²) in [5, 5.41) is 3.21. The van der Waals surface area contributed by atoms with E-state index in [1.54, 1.807) is 19.2 Å². The van der Waals surface area contributed by atoms with Gasteiger partial charge < -0.3 is 14.8 Å². The first kappa shape index (κ1) is 15.2. The van der Waals surface area contributed by atoms with E-state index in [1.165, 1.54) is 12.1 Å². The zero-order chi connectivity index (χ0) is 14.4. The van der Waals surface area contributed by atoms with Crippen LogP contribution in [0.4, 0.5) is 0 Å². The first-order chi connectivity index (χ1) is 9.62. The fraction of sp³-hybridized carbons (Fsp3) is 0.538. The molecule has 0 aromatic heterocycles. The molecule has 0 unspecified atom stereocenters. The van der Waals surface area contributed by atoms with Crippen LogP contribution < -0.4 is 14.8 Å². The van der Waals surface area contributed by atoms with Gasteiger partial charge in [-0.2, -0.15) is 0 Å². The second kappa shape index (κ2) is 7.03. The summed E-state index contributed by atoms with van der Waals surface area (Å²) in [5.41, 5.74) is 0. The first-order valence-electron chi connectivity index (χ1n) is 6.54. The lowest BCUT2D eigenvalue weighted by atomic mass is 10.2. The molecule has 0 spiro atoms. The summed E-state index contributed by atoms with van der Waals surface area (Å²) < 4.78 is 37.3. The molecule has 112 valence electrons. The van der Waals surface area contributed by atoms with Crippen molar-refractivity contribution in [1.82, 2.24) is 10.0 Å². The van der Waals surface area contributed by atoms with Gasteiger partial charge in [-0.1, -0.05) is 0 Å². The van der Waals surface area contributed by atoms with Crippen molar-refractivity contribution < 1.29 is 17.9 Å². The number of ether oxygens (including phenoxy) is 2. The van der Waals surface area contributed by atoms with Crippen LogP contribution in [-0.4, -0.2) is 48.4 Å². The minimum Gasteiger partial charge on any atom is -0.497 e. The van der Waals surface area contributed by atoms with E-state index in [9.17, 15) is 8.42 Å². The summed E-state index contributed by atoms with van der Waals surface area (Å²) in [7, 11) is -1.94. The van der Waals surface area contributed by atoms with Gasteiger partial charge >= 0.3 is 0 Å². The second-order valence-electron chi connectivity index (χ2n) is 4.67. The Morgan fingerprint density at radius 3 is 2.85 bits per heavy atom. The monoisotopic (exact) mass is 300 g/mol. The molecule has 1 saturated heterocycles. The molecular weight excluding hydrogens is 280 g/mol. The van der Waals surface area contributed by atoms with Gasteiger partial charge in [-0.25, -0.2) is 13.1 Å². The van der Waals surface area contributed by atoms with E-state index in [-0.39, 0.29) is 10.8 Å². The molecule has 1 aromatic rings. The van der Waals surface area contributed by atoms with Crippen LogP contribution in [0, 0.1) is 5.92 Å². The Hall–Kier alpha value is -1.15. The van der Waals surface area contributed by atoms with Crippen LogP contribution in [0.1, 0.15) is 0 Å². The Morgan fingerprint density at radius 1 is 1.40 bits per heavy atom. The van der Waals surface area contributed by atoms with Crippen molar-refractivity contribution >= 4 is 10.0 Å². The molecule has 6 nitrogen and oxygen atoms in total. The van der Waals surface area contributed by atoms with Crippen LogP contribution in [0.5, 0.6) is 5.75 Å². The highest BCUT2D eigenvalue weighted by atomic mass is 32.2. The number of nitrogens with one attached hydrogen (secondary N) is 2. The van der Waals surface area contributed by atoms with Gasteiger partial charge in [0, 0.05) is 25.6 Å². The van der Waals surface area contributed by atoms with Crippen molar-refractivity contribution in [1.29, 1.82) is 0 Å². The molecule has 2 rings (SSSR count). The smallest absolute Gasteiger partial charge is 0.240 e. The number of sulfonamides is 1. The molecule has 1 fully saturated rings. The van der Waals surface area contributed by atoms with Crippen LogP contribution in [0.25, 0.3) is 0 Å². The maximum absolute atomic E-state index is 12.1. The molecule has 1 aliphatic heterocycles. The zero-order valence-electron chi connectivity index (χ0n) is 11.5. The topological polar surface area (TPSA) is 76.7 Å². The minimum atomic E-state index is -3.49. The summed E-state index contributed by atoms with van der Waals surface area (Å²) in [6.45, 7) is 3.16. The second-order valence-corrected chi connectivity index (χ2v) is 6.44. The molecule has 0 aliphatic carbocycles. The van der Waals surface area contributed by atoms with Gasteiger partial charge in [0.25, 0.3) is 0 Å². The number of hydrogen-bond donors (Lipinski definition) is 2. The van der Waals surface area contributed by atoms with Gasteiger partial charge in [-0.15, -0.1) is 0 Å². The highest BCUT2D eigenvalue weighted by Crippen LogP contribution is 2.15. The van der Waals surface area contributed by atoms with Crippen LogP contribution in [-0.2, 0) is 14.8 Å². The molecule has 7 heteroatoms. The van der Waals surface area contributed by atoms with E-state index in [0.717, 1.165) is 13.1 Å². The summed E-state index contributed by atoms with van der Waals surface area (Å²) in [5.74, 6) is 0.774. The van der Waals surface area contributed by atoms with E-state index >= 15 is 0 Å². The Bertz CT molecular complexity index is 508. The number of methoxy groups -OCH3 is 1. The Labute approximate surface area is 119 Å². The standard InChI is InChI=1S/C13H20N2O4S/c1-18-12-2-4-13(5-3-12)20(16,17)15-9-11-8-14-6-7-19-10-11/h2-5,11,14-15H,6-10H2,1H3/t11-/m0/s1. The summed E-state index contributed by atoms with van der Waals surface area (Å²) in [6, 6.07) is 6.32. The lowest BCUT2D eigenvalue weighted by Gasteiger charge is -2.15. The largest absolute Gasteiger partial charge is 0.497 e. The third kappa shape index (κ3) is 4.17. The van der Waals surface area contributed by atoms with Gasteiger partial charge in [0.05, 0.1) is 25.2 Å². The van der Waals surface area contributed by atoms with Crippen molar-refractivity contribution in [3.8, 4) is 5.75 Å². The summed E-state index contributed by atoms with van der Waals surface area (Å²) in [4.78, 5) is 0.237. The van der Waals surface area contributed by atoms with Gasteiger partial charge in [0.2, 0.25) is 10.0 Å². The molecule has 1 atom stereocenters. The lowest BCUT2D eigenvalue weighted by Crippen LogP contribution is -2.35. The third-order valence-corrected chi connectivity index (χ3v) is 4.58. The number of rotatable bonds is 5. The lowest BCUT2D eigenvalue weighted by molar-refractivity contribution is 0.124. The molecule has 0 saturated carbocycles. The first-order valence-corrected chi connectivity index (χ1v) is 8.02. The zero-order valence-corrected chi connectivity index (χ0v) is 12.3. The van der Waals surface area contributed by atoms with Crippen LogP contribution in [0.3, 0.4) is 0 Å². The fourth-order valence-electron chi connectivity index (χ4n) is 1.96. The van der Waals surface area contributed by atoms with Crippen LogP contribution in [0.15, 0.2) is 29.2 Å². The van der Waals surface area contributed by atoms with Crippen molar-refractivity contribution in [2.24, 2.45) is 5.92 Å². The highest BCUT2D eigenvalue weighted by Gasteiger charge is 2.18. The highest BCUT2D eigenvalue weighted by molar-refractivity contribution is 7.89. The quantitative estimate of drug-likeness (QED) is 0.813. The average Bonchev–Trinajstić information content (AvgIpc) is 2.74. The number of hydrogen-bond acceptors (Lipinski definition) is 5. The third-order valence-electron chi connectivity index (χ3n) is 3.14. The van der Waals surface area contributed by atoms with Crippen molar-refractivity contribution in [3.63, 3.8) is 0 Å². The molecule has 1 aromatic carbocycles. The summed E-state index contributed by atoms with van der Waals surface area (Å²) in [6.07, 6.45) is 0. The molecule has 0 amide bonds. The van der Waals surface area contributed by atoms with E-state index in [2.05, 4.69) is 10.0 Å². The van der Waals surface area contributed by atoms with Crippen LogP contribution >= 0.6 is 0 Å². The van der Waals surface area contributed by atoms with Crippen molar-refractivity contribution in [2.75, 3.05) is 40.0 Å². The van der Waals surface area contributed by atoms with Crippen molar-refractivity contribution in [3.05, 3.63) is 24.3 Å². The van der Waals surface area contributed by atoms with E-state index < -0.39 is 10.0 Å². The normalized spacial score (nSPS) is 20.4. The molecular formula is C13H20N2O4S. The predicted molar refractivity (Wildman–Crippen MR) is 75.4 cm³/mol. The molecule has 1 aliphatic rings. The maximum Gasteiger partial charge on any atom is 0.240 e. The van der Waals surface area contributed by atoms with Crippen LogP contribution in [0.2, 0.25) is 0 Å². The fourth-order valence-corrected chi connectivity index (χ4v) is 3.07. The maximum atomic E-state index is 12.1. The van der Waals surface area contributed by atoms with E-state index in [0.29, 0.717) is 25.5 Å². The van der Waals surface area contributed by atoms with Gasteiger partial charge in [0.1, 0.15) is 5.75 Å². The minimum absolute atomic E-state index is 0.144. The number of benzene rings is 1. The molecule has 2 N–H and O–H groups in total. The molecule has 1 heterocycles. The SMILES string of the molecule is COc1ccc(S(=O)(=O)NC[C@@H]2CNCCOC2)cc1. The van der Waals surface area contributed by atoms with E-state index in [4.69, 9.17) is 9.47 Å². The molecule has 20 heavy (non-hydrogen) atoms. The average molecular weight is 300 g/mol.